The van der Waals surface area contributed by atoms with E-state index < -0.39 is 0 Å². The van der Waals surface area contributed by atoms with Crippen molar-refractivity contribution in [2.45, 2.75) is 51.0 Å². The molecule has 1 N–H and O–H groups in total. The van der Waals surface area contributed by atoms with Gasteiger partial charge in [-0.25, -0.2) is 0 Å². The fourth-order valence-corrected chi connectivity index (χ4v) is 2.31. The Labute approximate surface area is 91.8 Å². The lowest BCUT2D eigenvalue weighted by molar-refractivity contribution is -0.123. The van der Waals surface area contributed by atoms with Crippen LogP contribution in [0.4, 0.5) is 0 Å². The minimum atomic E-state index is -0.297. The average Bonchev–Trinajstić information content (AvgIpc) is 2.68. The minimum Gasteiger partial charge on any atom is -0.393 e. The molecule has 15 heavy (non-hydrogen) atoms. The first kappa shape index (κ1) is 12.7. The number of hydrogen-bond acceptors (Lipinski definition) is 3. The van der Waals surface area contributed by atoms with Crippen LogP contribution in [0.5, 0.6) is 0 Å². The number of Topliss-reactive ketones (excluding diaryl/α,β-unsaturated/α-hetero) is 1. The number of carbonyl (C=O) groups excluding carboxylic acids is 1. The summed E-state index contributed by atoms with van der Waals surface area (Å²) < 4.78 is 4.74. The third-order valence-electron chi connectivity index (χ3n) is 3.14. The molecule has 0 heterocycles. The molecule has 1 aliphatic carbocycles. The largest absolute Gasteiger partial charge is 0.393 e. The molecule has 3 heteroatoms. The van der Waals surface area contributed by atoms with Gasteiger partial charge in [0.2, 0.25) is 0 Å². The molecule has 1 atom stereocenters. The van der Waals surface area contributed by atoms with Crippen molar-refractivity contribution in [2.75, 3.05) is 13.7 Å². The molecular formula is C12H22O3. The van der Waals surface area contributed by atoms with Crippen LogP contribution in [0.3, 0.4) is 0 Å². The Kier molecular flexibility index (Phi) is 5.88. The van der Waals surface area contributed by atoms with Crippen LogP contribution in [0.25, 0.3) is 0 Å². The van der Waals surface area contributed by atoms with Gasteiger partial charge < -0.3 is 9.84 Å². The smallest absolute Gasteiger partial charge is 0.158 e. The lowest BCUT2D eigenvalue weighted by Gasteiger charge is -2.14. The normalized spacial score (nSPS) is 19.3. The van der Waals surface area contributed by atoms with E-state index in [2.05, 4.69) is 0 Å². The van der Waals surface area contributed by atoms with Gasteiger partial charge in [-0.1, -0.05) is 25.7 Å². The van der Waals surface area contributed by atoms with Gasteiger partial charge in [-0.3, -0.25) is 4.79 Å². The molecule has 0 aliphatic heterocycles. The molecule has 0 spiro atoms. The Hall–Kier alpha value is -0.410. The Morgan fingerprint density at radius 2 is 2.13 bits per heavy atom. The number of rotatable bonds is 7. The molecule has 1 aliphatic rings. The number of aliphatic hydroxyl groups is 1. The summed E-state index contributed by atoms with van der Waals surface area (Å²) in [5.41, 5.74) is 0. The van der Waals surface area contributed by atoms with Gasteiger partial charge in [0.05, 0.1) is 6.10 Å². The van der Waals surface area contributed by atoms with Gasteiger partial charge >= 0.3 is 0 Å². The highest BCUT2D eigenvalue weighted by Crippen LogP contribution is 2.29. The highest BCUT2D eigenvalue weighted by Gasteiger charge is 2.19. The fraction of sp³-hybridized carbons (Fsp3) is 0.917. The van der Waals surface area contributed by atoms with Crippen molar-refractivity contribution in [3.8, 4) is 0 Å². The van der Waals surface area contributed by atoms with Crippen molar-refractivity contribution in [3.63, 3.8) is 0 Å². The van der Waals surface area contributed by atoms with E-state index in [1.807, 2.05) is 0 Å². The predicted octanol–water partition coefficient (Wildman–Crippen LogP) is 1.92. The Morgan fingerprint density at radius 1 is 1.47 bits per heavy atom. The lowest BCUT2D eigenvalue weighted by atomic mass is 9.97. The Bertz CT molecular complexity index is 185. The number of hydrogen-bond donors (Lipinski definition) is 1. The molecule has 88 valence electrons. The zero-order chi connectivity index (χ0) is 11.1. The van der Waals surface area contributed by atoms with Crippen LogP contribution >= 0.6 is 0 Å². The van der Waals surface area contributed by atoms with E-state index in [9.17, 15) is 9.90 Å². The van der Waals surface area contributed by atoms with E-state index in [-0.39, 0.29) is 18.5 Å². The maximum absolute atomic E-state index is 11.1. The van der Waals surface area contributed by atoms with Gasteiger partial charge in [-0.2, -0.15) is 0 Å². The molecule has 3 nitrogen and oxygen atoms in total. The fourth-order valence-electron chi connectivity index (χ4n) is 2.31. The van der Waals surface area contributed by atoms with Gasteiger partial charge in [-0.05, 0) is 18.8 Å². The summed E-state index contributed by atoms with van der Waals surface area (Å²) in [5, 5.41) is 9.73. The highest BCUT2D eigenvalue weighted by atomic mass is 16.5. The number of carbonyl (C=O) groups is 1. The van der Waals surface area contributed by atoms with E-state index >= 15 is 0 Å². The Balaban J connectivity index is 2.07. The number of ether oxygens (including phenoxy) is 1. The van der Waals surface area contributed by atoms with Crippen molar-refractivity contribution in [2.24, 2.45) is 5.92 Å². The minimum absolute atomic E-state index is 0.0861. The summed E-state index contributed by atoms with van der Waals surface area (Å²) >= 11 is 0. The maximum atomic E-state index is 11.1. The first-order chi connectivity index (χ1) is 7.22. The summed E-state index contributed by atoms with van der Waals surface area (Å²) in [6.45, 7) is 0.177. The van der Waals surface area contributed by atoms with Gasteiger partial charge in [0.25, 0.3) is 0 Å². The summed E-state index contributed by atoms with van der Waals surface area (Å²) in [7, 11) is 1.52. The van der Waals surface area contributed by atoms with Crippen LogP contribution in [0.15, 0.2) is 0 Å². The van der Waals surface area contributed by atoms with Crippen LogP contribution in [-0.4, -0.2) is 30.7 Å². The van der Waals surface area contributed by atoms with E-state index in [4.69, 9.17) is 4.74 Å². The van der Waals surface area contributed by atoms with Crippen molar-refractivity contribution < 1.29 is 14.6 Å². The van der Waals surface area contributed by atoms with Gasteiger partial charge in [-0.15, -0.1) is 0 Å². The summed E-state index contributed by atoms with van der Waals surface area (Å²) in [4.78, 5) is 11.1. The average molecular weight is 214 g/mol. The number of methoxy groups -OCH3 is 1. The SMILES string of the molecule is COCC(=O)CCC(O)CC1CCCC1. The summed E-state index contributed by atoms with van der Waals surface area (Å²) in [6.07, 6.45) is 6.74. The third-order valence-corrected chi connectivity index (χ3v) is 3.14. The van der Waals surface area contributed by atoms with Gasteiger partial charge in [0, 0.05) is 13.5 Å². The first-order valence-corrected chi connectivity index (χ1v) is 5.91. The van der Waals surface area contributed by atoms with Gasteiger partial charge in [0.1, 0.15) is 6.61 Å². The van der Waals surface area contributed by atoms with E-state index in [1.54, 1.807) is 0 Å². The van der Waals surface area contributed by atoms with Gasteiger partial charge in [0.15, 0.2) is 5.78 Å². The molecule has 0 radical (unpaired) electrons. The van der Waals surface area contributed by atoms with Crippen molar-refractivity contribution >= 4 is 5.78 Å². The third kappa shape index (κ3) is 5.28. The van der Waals surface area contributed by atoms with Crippen LogP contribution in [-0.2, 0) is 9.53 Å². The summed E-state index contributed by atoms with van der Waals surface area (Å²) in [5.74, 6) is 0.778. The van der Waals surface area contributed by atoms with Crippen molar-refractivity contribution in [1.29, 1.82) is 0 Å². The molecule has 0 aromatic rings. The van der Waals surface area contributed by atoms with E-state index in [0.29, 0.717) is 18.8 Å². The van der Waals surface area contributed by atoms with Crippen LogP contribution in [0.1, 0.15) is 44.9 Å². The molecule has 1 unspecified atom stereocenters. The van der Waals surface area contributed by atoms with E-state index in [1.165, 1.54) is 32.8 Å². The van der Waals surface area contributed by atoms with Crippen LogP contribution in [0.2, 0.25) is 0 Å². The van der Waals surface area contributed by atoms with Crippen molar-refractivity contribution in [3.05, 3.63) is 0 Å². The standard InChI is InChI=1S/C12H22O3/c1-15-9-12(14)7-6-11(13)8-10-4-2-3-5-10/h10-11,13H,2-9H2,1H3. The zero-order valence-electron chi connectivity index (χ0n) is 9.58. The van der Waals surface area contributed by atoms with Crippen LogP contribution in [0, 0.1) is 5.92 Å². The molecule has 1 saturated carbocycles. The molecule has 0 aromatic heterocycles. The molecule has 0 amide bonds. The predicted molar refractivity (Wildman–Crippen MR) is 58.7 cm³/mol. The second-order valence-electron chi connectivity index (χ2n) is 4.55. The first-order valence-electron chi connectivity index (χ1n) is 5.91. The maximum Gasteiger partial charge on any atom is 0.158 e. The Morgan fingerprint density at radius 3 is 2.73 bits per heavy atom. The second-order valence-corrected chi connectivity index (χ2v) is 4.55. The number of aliphatic hydroxyl groups excluding tert-OH is 1. The van der Waals surface area contributed by atoms with Crippen molar-refractivity contribution in [1.82, 2.24) is 0 Å². The topological polar surface area (TPSA) is 46.5 Å². The molecule has 0 saturated heterocycles. The molecule has 0 aromatic carbocycles. The second kappa shape index (κ2) is 6.96. The molecular weight excluding hydrogens is 192 g/mol. The number of ketones is 1. The molecule has 1 rings (SSSR count). The van der Waals surface area contributed by atoms with Crippen LogP contribution < -0.4 is 0 Å². The quantitative estimate of drug-likeness (QED) is 0.704. The molecule has 1 fully saturated rings. The molecule has 0 bridgehead atoms. The monoisotopic (exact) mass is 214 g/mol. The highest BCUT2D eigenvalue weighted by molar-refractivity contribution is 5.79. The lowest BCUT2D eigenvalue weighted by Crippen LogP contribution is -2.15. The zero-order valence-corrected chi connectivity index (χ0v) is 9.58. The summed E-state index contributed by atoms with van der Waals surface area (Å²) in [6, 6.07) is 0. The van der Waals surface area contributed by atoms with E-state index in [0.717, 1.165) is 6.42 Å².